The number of hydrogen-bond donors (Lipinski definition) is 1. The second-order valence-corrected chi connectivity index (χ2v) is 6.60. The quantitative estimate of drug-likeness (QED) is 0.757. The Hall–Kier alpha value is -0.240. The smallest absolute Gasteiger partial charge is 0.223 e. The summed E-state index contributed by atoms with van der Waals surface area (Å²) >= 11 is 5.92. The first-order chi connectivity index (χ1) is 7.33. The van der Waals surface area contributed by atoms with E-state index < -0.39 is 0 Å². The van der Waals surface area contributed by atoms with Crippen LogP contribution < -0.4 is 5.32 Å². The van der Waals surface area contributed by atoms with Gasteiger partial charge in [-0.25, -0.2) is 0 Å². The molecule has 0 radical (unpaired) electrons. The number of rotatable bonds is 4. The van der Waals surface area contributed by atoms with Crippen LogP contribution in [0.25, 0.3) is 0 Å². The predicted molar refractivity (Wildman–Crippen MR) is 68.7 cm³/mol. The van der Waals surface area contributed by atoms with Gasteiger partial charge in [0.25, 0.3) is 0 Å². The Labute approximate surface area is 104 Å². The van der Waals surface area contributed by atoms with Crippen LogP contribution in [0, 0.1) is 11.3 Å². The van der Waals surface area contributed by atoms with E-state index in [1.54, 1.807) is 0 Å². The van der Waals surface area contributed by atoms with Gasteiger partial charge in [0.15, 0.2) is 0 Å². The van der Waals surface area contributed by atoms with E-state index in [1.807, 2.05) is 13.8 Å². The molecule has 1 aliphatic carbocycles. The zero-order valence-electron chi connectivity index (χ0n) is 10.8. The maximum atomic E-state index is 12.1. The molecule has 3 heteroatoms. The van der Waals surface area contributed by atoms with Gasteiger partial charge in [-0.3, -0.25) is 4.79 Å². The van der Waals surface area contributed by atoms with Crippen molar-refractivity contribution in [2.45, 2.75) is 64.8 Å². The van der Waals surface area contributed by atoms with Crippen molar-refractivity contribution in [3.63, 3.8) is 0 Å². The van der Waals surface area contributed by atoms with Crippen molar-refractivity contribution in [3.8, 4) is 0 Å². The van der Waals surface area contributed by atoms with Gasteiger partial charge >= 0.3 is 0 Å². The van der Waals surface area contributed by atoms with Gasteiger partial charge in [0, 0.05) is 17.3 Å². The Kier molecular flexibility index (Phi) is 4.66. The summed E-state index contributed by atoms with van der Waals surface area (Å²) in [4.78, 5) is 12.1. The molecular weight excluding hydrogens is 222 g/mol. The van der Waals surface area contributed by atoms with Crippen LogP contribution in [0.2, 0.25) is 0 Å². The molecule has 16 heavy (non-hydrogen) atoms. The third kappa shape index (κ3) is 3.65. The summed E-state index contributed by atoms with van der Waals surface area (Å²) < 4.78 is 0. The SMILES string of the molecule is CC(Cl)CC(C)NC(=O)C1CCCC1(C)C. The standard InChI is InChI=1S/C13H24ClNO/c1-9(14)8-10(2)15-12(16)11-6-5-7-13(11,3)4/h9-11H,5-8H2,1-4H3,(H,15,16). The van der Waals surface area contributed by atoms with E-state index in [0.29, 0.717) is 0 Å². The number of hydrogen-bond acceptors (Lipinski definition) is 1. The molecule has 0 spiro atoms. The van der Waals surface area contributed by atoms with Crippen molar-refractivity contribution in [1.29, 1.82) is 0 Å². The predicted octanol–water partition coefficient (Wildman–Crippen LogP) is 3.33. The molecule has 1 rings (SSSR count). The van der Waals surface area contributed by atoms with E-state index in [0.717, 1.165) is 19.3 Å². The summed E-state index contributed by atoms with van der Waals surface area (Å²) in [6, 6.07) is 0.177. The summed E-state index contributed by atoms with van der Waals surface area (Å²) in [5, 5.41) is 3.20. The van der Waals surface area contributed by atoms with Gasteiger partial charge in [0.2, 0.25) is 5.91 Å². The maximum absolute atomic E-state index is 12.1. The van der Waals surface area contributed by atoms with Crippen LogP contribution in [-0.4, -0.2) is 17.3 Å². The van der Waals surface area contributed by atoms with Gasteiger partial charge in [-0.1, -0.05) is 20.3 Å². The number of carbonyl (C=O) groups is 1. The lowest BCUT2D eigenvalue weighted by atomic mass is 9.81. The summed E-state index contributed by atoms with van der Waals surface area (Å²) in [6.07, 6.45) is 4.19. The van der Waals surface area contributed by atoms with Crippen LogP contribution in [0.5, 0.6) is 0 Å². The molecular formula is C13H24ClNO. The van der Waals surface area contributed by atoms with Crippen LogP contribution in [-0.2, 0) is 4.79 Å². The molecule has 0 saturated heterocycles. The first-order valence-corrected chi connectivity index (χ1v) is 6.71. The van der Waals surface area contributed by atoms with Crippen molar-refractivity contribution >= 4 is 17.5 Å². The minimum Gasteiger partial charge on any atom is -0.353 e. The van der Waals surface area contributed by atoms with E-state index in [1.165, 1.54) is 6.42 Å². The van der Waals surface area contributed by atoms with Gasteiger partial charge in [-0.15, -0.1) is 11.6 Å². The lowest BCUT2D eigenvalue weighted by Crippen LogP contribution is -2.41. The zero-order valence-corrected chi connectivity index (χ0v) is 11.6. The van der Waals surface area contributed by atoms with E-state index in [9.17, 15) is 4.79 Å². The number of nitrogens with one attached hydrogen (secondary N) is 1. The minimum absolute atomic E-state index is 0.117. The fraction of sp³-hybridized carbons (Fsp3) is 0.923. The lowest BCUT2D eigenvalue weighted by molar-refractivity contribution is -0.128. The molecule has 0 aliphatic heterocycles. The molecule has 2 nitrogen and oxygen atoms in total. The Balaban J connectivity index is 2.46. The minimum atomic E-state index is 0.117. The zero-order chi connectivity index (χ0) is 12.3. The molecule has 0 bridgehead atoms. The van der Waals surface area contributed by atoms with Crippen LogP contribution in [0.15, 0.2) is 0 Å². The third-order valence-electron chi connectivity index (χ3n) is 3.64. The topological polar surface area (TPSA) is 29.1 Å². The van der Waals surface area contributed by atoms with Gasteiger partial charge in [-0.05, 0) is 38.5 Å². The number of halogens is 1. The number of carbonyl (C=O) groups excluding carboxylic acids is 1. The summed E-state index contributed by atoms with van der Waals surface area (Å²) in [5.74, 6) is 0.396. The Bertz CT molecular complexity index is 250. The number of amides is 1. The Morgan fingerprint density at radius 3 is 2.56 bits per heavy atom. The third-order valence-corrected chi connectivity index (χ3v) is 3.82. The second kappa shape index (κ2) is 5.39. The monoisotopic (exact) mass is 245 g/mol. The van der Waals surface area contributed by atoms with E-state index in [4.69, 9.17) is 11.6 Å². The highest BCUT2D eigenvalue weighted by Gasteiger charge is 2.39. The maximum Gasteiger partial charge on any atom is 0.223 e. The average molecular weight is 246 g/mol. The Morgan fingerprint density at radius 1 is 1.50 bits per heavy atom. The van der Waals surface area contributed by atoms with Gasteiger partial charge < -0.3 is 5.32 Å². The van der Waals surface area contributed by atoms with Gasteiger partial charge in [0.1, 0.15) is 0 Å². The molecule has 3 atom stereocenters. The molecule has 1 saturated carbocycles. The lowest BCUT2D eigenvalue weighted by Gasteiger charge is -2.27. The molecule has 0 aromatic rings. The largest absolute Gasteiger partial charge is 0.353 e. The summed E-state index contributed by atoms with van der Waals surface area (Å²) in [7, 11) is 0. The van der Waals surface area contributed by atoms with Crippen LogP contribution >= 0.6 is 11.6 Å². The highest BCUT2D eigenvalue weighted by Crippen LogP contribution is 2.42. The van der Waals surface area contributed by atoms with Gasteiger partial charge in [-0.2, -0.15) is 0 Å². The van der Waals surface area contributed by atoms with Crippen molar-refractivity contribution in [1.82, 2.24) is 5.32 Å². The molecule has 94 valence electrons. The van der Waals surface area contributed by atoms with E-state index in [-0.39, 0.29) is 28.7 Å². The first kappa shape index (κ1) is 13.8. The Morgan fingerprint density at radius 2 is 2.12 bits per heavy atom. The molecule has 1 N–H and O–H groups in total. The fourth-order valence-corrected chi connectivity index (χ4v) is 2.97. The molecule has 0 aromatic heterocycles. The molecule has 0 heterocycles. The van der Waals surface area contributed by atoms with Crippen molar-refractivity contribution in [3.05, 3.63) is 0 Å². The fourth-order valence-electron chi connectivity index (χ4n) is 2.70. The van der Waals surface area contributed by atoms with Crippen LogP contribution in [0.4, 0.5) is 0 Å². The van der Waals surface area contributed by atoms with Gasteiger partial charge in [0.05, 0.1) is 0 Å². The molecule has 1 fully saturated rings. The highest BCUT2D eigenvalue weighted by molar-refractivity contribution is 6.20. The second-order valence-electron chi connectivity index (χ2n) is 5.86. The average Bonchev–Trinajstić information content (AvgIpc) is 2.43. The van der Waals surface area contributed by atoms with Crippen molar-refractivity contribution in [2.24, 2.45) is 11.3 Å². The van der Waals surface area contributed by atoms with Crippen LogP contribution in [0.1, 0.15) is 53.4 Å². The van der Waals surface area contributed by atoms with E-state index >= 15 is 0 Å². The van der Waals surface area contributed by atoms with Crippen molar-refractivity contribution < 1.29 is 4.79 Å². The van der Waals surface area contributed by atoms with Crippen molar-refractivity contribution in [2.75, 3.05) is 0 Å². The molecule has 1 aliphatic rings. The molecule has 0 aromatic carbocycles. The highest BCUT2D eigenvalue weighted by atomic mass is 35.5. The molecule has 1 amide bonds. The summed E-state index contributed by atoms with van der Waals surface area (Å²) in [5.41, 5.74) is 0.163. The molecule has 3 unspecified atom stereocenters. The summed E-state index contributed by atoms with van der Waals surface area (Å²) in [6.45, 7) is 8.38. The van der Waals surface area contributed by atoms with E-state index in [2.05, 4.69) is 19.2 Å². The normalized spacial score (nSPS) is 27.4. The van der Waals surface area contributed by atoms with Crippen LogP contribution in [0.3, 0.4) is 0 Å². The number of alkyl halides is 1. The first-order valence-electron chi connectivity index (χ1n) is 6.27.